The number of hydrogen-bond acceptors (Lipinski definition) is 9. The smallest absolute Gasteiger partial charge is 0.414 e. The topological polar surface area (TPSA) is 140 Å². The summed E-state index contributed by atoms with van der Waals surface area (Å²) in [5.74, 6) is -0.565. The number of alkyl carbamates (subject to hydrolysis) is 2. The molecule has 0 aromatic carbocycles. The average molecular weight is 512 g/mol. The van der Waals surface area contributed by atoms with Crippen molar-refractivity contribution in [3.8, 4) is 0 Å². The first-order valence-electron chi connectivity index (χ1n) is 12.9. The molecule has 2 aliphatic heterocycles. The molecule has 11 heteroatoms. The zero-order chi connectivity index (χ0) is 26.1. The van der Waals surface area contributed by atoms with E-state index in [2.05, 4.69) is 35.9 Å². The van der Waals surface area contributed by atoms with Crippen LogP contribution in [0.4, 0.5) is 9.59 Å². The molecule has 0 aromatic heterocycles. The minimum Gasteiger partial charge on any atom is -0.450 e. The molecule has 0 aromatic rings. The Morgan fingerprint density at radius 3 is 2.61 bits per heavy atom. The first-order valence-corrected chi connectivity index (χ1v) is 12.9. The quantitative estimate of drug-likeness (QED) is 0.192. The highest BCUT2D eigenvalue weighted by molar-refractivity contribution is 5.92. The number of carbonyl (C=O) groups is 3. The number of carbonyl (C=O) groups excluding carboxylic acids is 3. The maximum absolute atomic E-state index is 12.4. The standard InChI is InChI=1S/C25H41N3O8/c1-5-6-13-33-23(30)27-12-11-26-14-19(29)28-24(31)36-18-9-10-25(15-34-25)20(21(18)32-4)22-17(35-22)8-7-16(2)3/h7,17-18,20-22,26H,5-6,8-15H2,1-4H3,(H,27,30)(H,28,29,31). The van der Waals surface area contributed by atoms with Gasteiger partial charge in [0.1, 0.15) is 12.2 Å². The van der Waals surface area contributed by atoms with Crippen LogP contribution in [0.2, 0.25) is 0 Å². The zero-order valence-corrected chi connectivity index (χ0v) is 21.8. The Labute approximate surface area is 212 Å². The number of nitrogens with one attached hydrogen (secondary N) is 3. The van der Waals surface area contributed by atoms with Crippen LogP contribution in [0.15, 0.2) is 11.6 Å². The molecule has 6 unspecified atom stereocenters. The zero-order valence-electron chi connectivity index (χ0n) is 21.8. The van der Waals surface area contributed by atoms with Crippen LogP contribution in [0, 0.1) is 5.92 Å². The highest BCUT2D eigenvalue weighted by atomic mass is 16.6. The van der Waals surface area contributed by atoms with Crippen molar-refractivity contribution in [2.75, 3.05) is 40.0 Å². The van der Waals surface area contributed by atoms with Gasteiger partial charge in [-0.1, -0.05) is 25.0 Å². The maximum Gasteiger partial charge on any atom is 0.414 e. The largest absolute Gasteiger partial charge is 0.450 e. The van der Waals surface area contributed by atoms with Crippen molar-refractivity contribution in [2.45, 2.75) is 82.9 Å². The second-order valence-electron chi connectivity index (χ2n) is 9.86. The Bertz CT molecular complexity index is 796. The lowest BCUT2D eigenvalue weighted by Crippen LogP contribution is -2.53. The summed E-state index contributed by atoms with van der Waals surface area (Å²) < 4.78 is 28.2. The molecule has 3 fully saturated rings. The highest BCUT2D eigenvalue weighted by Gasteiger charge is 2.66. The van der Waals surface area contributed by atoms with Gasteiger partial charge in [-0.25, -0.2) is 9.59 Å². The van der Waals surface area contributed by atoms with Crippen molar-refractivity contribution >= 4 is 18.1 Å². The van der Waals surface area contributed by atoms with E-state index in [9.17, 15) is 14.4 Å². The lowest BCUT2D eigenvalue weighted by atomic mass is 9.73. The van der Waals surface area contributed by atoms with Gasteiger partial charge in [0.2, 0.25) is 5.91 Å². The van der Waals surface area contributed by atoms with Gasteiger partial charge in [-0.15, -0.1) is 0 Å². The number of allylic oxidation sites excluding steroid dienone is 1. The third kappa shape index (κ3) is 8.16. The Kier molecular flexibility index (Phi) is 10.5. The molecule has 0 bridgehead atoms. The Balaban J connectivity index is 1.38. The predicted molar refractivity (Wildman–Crippen MR) is 130 cm³/mol. The lowest BCUT2D eigenvalue weighted by molar-refractivity contribution is -0.122. The third-order valence-corrected chi connectivity index (χ3v) is 6.79. The number of unbranched alkanes of at least 4 members (excludes halogenated alkanes) is 1. The second-order valence-corrected chi connectivity index (χ2v) is 9.86. The Hall–Kier alpha value is -2.21. The molecule has 1 aliphatic carbocycles. The van der Waals surface area contributed by atoms with E-state index in [1.807, 2.05) is 6.92 Å². The average Bonchev–Trinajstić information content (AvgIpc) is 3.76. The van der Waals surface area contributed by atoms with Crippen molar-refractivity contribution < 1.29 is 38.1 Å². The number of rotatable bonds is 13. The van der Waals surface area contributed by atoms with E-state index < -0.39 is 24.2 Å². The minimum atomic E-state index is -0.810. The van der Waals surface area contributed by atoms with E-state index in [1.54, 1.807) is 7.11 Å². The number of hydrogen-bond donors (Lipinski definition) is 3. The van der Waals surface area contributed by atoms with Crippen LogP contribution in [0.1, 0.15) is 52.9 Å². The van der Waals surface area contributed by atoms with Crippen LogP contribution in [0.3, 0.4) is 0 Å². The lowest BCUT2D eigenvalue weighted by Gasteiger charge is -2.39. The van der Waals surface area contributed by atoms with E-state index >= 15 is 0 Å². The van der Waals surface area contributed by atoms with E-state index in [0.717, 1.165) is 25.7 Å². The number of ether oxygens (including phenoxy) is 5. The molecule has 3 rings (SSSR count). The predicted octanol–water partition coefficient (Wildman–Crippen LogP) is 2.04. The van der Waals surface area contributed by atoms with Crippen LogP contribution in [-0.2, 0) is 28.5 Å². The number of amides is 3. The van der Waals surface area contributed by atoms with E-state index in [1.165, 1.54) is 5.57 Å². The molecular weight excluding hydrogens is 470 g/mol. The maximum atomic E-state index is 12.4. The molecule has 3 amide bonds. The van der Waals surface area contributed by atoms with Gasteiger partial charge < -0.3 is 34.3 Å². The number of epoxide rings is 2. The van der Waals surface area contributed by atoms with Gasteiger partial charge in [0, 0.05) is 26.1 Å². The molecular formula is C25H41N3O8. The van der Waals surface area contributed by atoms with Crippen molar-refractivity contribution in [3.63, 3.8) is 0 Å². The summed E-state index contributed by atoms with van der Waals surface area (Å²) in [6, 6.07) is 0. The van der Waals surface area contributed by atoms with Gasteiger partial charge in [-0.2, -0.15) is 0 Å². The summed E-state index contributed by atoms with van der Waals surface area (Å²) in [6.07, 6.45) is 3.99. The molecule has 36 heavy (non-hydrogen) atoms. The van der Waals surface area contributed by atoms with Crippen LogP contribution in [-0.4, -0.2) is 88.1 Å². The summed E-state index contributed by atoms with van der Waals surface area (Å²) in [4.78, 5) is 36.0. The van der Waals surface area contributed by atoms with Gasteiger partial charge in [0.05, 0.1) is 37.6 Å². The summed E-state index contributed by atoms with van der Waals surface area (Å²) in [5.41, 5.74) is 0.962. The fourth-order valence-corrected chi connectivity index (χ4v) is 4.74. The number of methoxy groups -OCH3 is 1. The first-order chi connectivity index (χ1) is 17.3. The molecule has 2 saturated heterocycles. The van der Waals surface area contributed by atoms with Gasteiger partial charge in [0.25, 0.3) is 0 Å². The summed E-state index contributed by atoms with van der Waals surface area (Å²) in [6.45, 7) is 7.71. The minimum absolute atomic E-state index is 0.00845. The molecule has 3 N–H and O–H groups in total. The van der Waals surface area contributed by atoms with E-state index in [0.29, 0.717) is 32.7 Å². The molecule has 1 spiro atoms. The van der Waals surface area contributed by atoms with Gasteiger partial charge in [-0.05, 0) is 39.5 Å². The van der Waals surface area contributed by atoms with Crippen LogP contribution in [0.25, 0.3) is 0 Å². The van der Waals surface area contributed by atoms with Crippen molar-refractivity contribution in [1.29, 1.82) is 0 Å². The highest BCUT2D eigenvalue weighted by Crippen LogP contribution is 2.54. The van der Waals surface area contributed by atoms with Crippen molar-refractivity contribution in [1.82, 2.24) is 16.0 Å². The van der Waals surface area contributed by atoms with Gasteiger partial charge >= 0.3 is 12.2 Å². The molecule has 11 nitrogen and oxygen atoms in total. The summed E-state index contributed by atoms with van der Waals surface area (Å²) >= 11 is 0. The van der Waals surface area contributed by atoms with Crippen molar-refractivity contribution in [2.24, 2.45) is 5.92 Å². The molecule has 3 aliphatic rings. The monoisotopic (exact) mass is 511 g/mol. The Morgan fingerprint density at radius 1 is 1.17 bits per heavy atom. The fraction of sp³-hybridized carbons (Fsp3) is 0.800. The van der Waals surface area contributed by atoms with Gasteiger partial charge in [0.15, 0.2) is 0 Å². The molecule has 1 saturated carbocycles. The molecule has 6 atom stereocenters. The normalized spacial score (nSPS) is 30.3. The molecule has 204 valence electrons. The molecule has 0 radical (unpaired) electrons. The number of imide groups is 1. The SMILES string of the molecule is CCCCOC(=O)NCCNCC(=O)NC(=O)OC1CCC2(CO2)C(C2OC2CC=C(C)C)C1OC. The Morgan fingerprint density at radius 2 is 1.94 bits per heavy atom. The first kappa shape index (κ1) is 28.4. The van der Waals surface area contributed by atoms with Crippen molar-refractivity contribution in [3.05, 3.63) is 11.6 Å². The fourth-order valence-electron chi connectivity index (χ4n) is 4.74. The molecule has 2 heterocycles. The van der Waals surface area contributed by atoms with E-state index in [4.69, 9.17) is 23.7 Å². The van der Waals surface area contributed by atoms with Gasteiger partial charge in [-0.3, -0.25) is 10.1 Å². The summed E-state index contributed by atoms with van der Waals surface area (Å²) in [7, 11) is 1.60. The summed E-state index contributed by atoms with van der Waals surface area (Å²) in [5, 5.41) is 7.68. The van der Waals surface area contributed by atoms with Crippen LogP contribution in [0.5, 0.6) is 0 Å². The van der Waals surface area contributed by atoms with Crippen LogP contribution < -0.4 is 16.0 Å². The van der Waals surface area contributed by atoms with E-state index in [-0.39, 0.29) is 36.4 Å². The second kappa shape index (κ2) is 13.4. The van der Waals surface area contributed by atoms with Crippen LogP contribution >= 0.6 is 0 Å². The third-order valence-electron chi connectivity index (χ3n) is 6.79.